The first-order chi connectivity index (χ1) is 9.25. The number of hydrogen-bond donors (Lipinski definition) is 1. The van der Waals surface area contributed by atoms with Gasteiger partial charge in [-0.2, -0.15) is 0 Å². The number of hydrogen-bond acceptors (Lipinski definition) is 2. The standard InChI is InChI=1S/C17H19NO/c1-12(2)19-17-9-4-3-6-15(17)13-7-5-8-16-14(13)10-11-18-16/h3-9,12,18H,10-11H2,1-2H3. The number of anilines is 1. The molecule has 0 fully saturated rings. The number of para-hydroxylation sites is 1. The first-order valence-corrected chi connectivity index (χ1v) is 6.87. The molecule has 2 aromatic rings. The maximum Gasteiger partial charge on any atom is 0.127 e. The van der Waals surface area contributed by atoms with Crippen LogP contribution in [0.3, 0.4) is 0 Å². The monoisotopic (exact) mass is 253 g/mol. The van der Waals surface area contributed by atoms with Gasteiger partial charge in [0.25, 0.3) is 0 Å². The molecule has 2 nitrogen and oxygen atoms in total. The molecule has 98 valence electrons. The second-order valence-corrected chi connectivity index (χ2v) is 5.17. The Labute approximate surface area is 114 Å². The van der Waals surface area contributed by atoms with Crippen molar-refractivity contribution in [1.82, 2.24) is 0 Å². The van der Waals surface area contributed by atoms with E-state index >= 15 is 0 Å². The van der Waals surface area contributed by atoms with Crippen LogP contribution in [0.5, 0.6) is 5.75 Å². The molecule has 0 aromatic heterocycles. The third-order valence-electron chi connectivity index (χ3n) is 3.41. The van der Waals surface area contributed by atoms with Gasteiger partial charge in [0.1, 0.15) is 5.75 Å². The smallest absolute Gasteiger partial charge is 0.127 e. The van der Waals surface area contributed by atoms with Crippen LogP contribution >= 0.6 is 0 Å². The van der Waals surface area contributed by atoms with E-state index < -0.39 is 0 Å². The van der Waals surface area contributed by atoms with Crippen molar-refractivity contribution in [2.45, 2.75) is 26.4 Å². The van der Waals surface area contributed by atoms with E-state index in [0.717, 1.165) is 18.7 Å². The van der Waals surface area contributed by atoms with Crippen LogP contribution in [0.1, 0.15) is 19.4 Å². The molecular weight excluding hydrogens is 234 g/mol. The minimum atomic E-state index is 0.191. The predicted molar refractivity (Wildman–Crippen MR) is 79.8 cm³/mol. The lowest BCUT2D eigenvalue weighted by atomic mass is 9.97. The summed E-state index contributed by atoms with van der Waals surface area (Å²) < 4.78 is 5.94. The van der Waals surface area contributed by atoms with Gasteiger partial charge in [-0.05, 0) is 43.5 Å². The second-order valence-electron chi connectivity index (χ2n) is 5.17. The minimum absolute atomic E-state index is 0.191. The van der Waals surface area contributed by atoms with Crippen molar-refractivity contribution >= 4 is 5.69 Å². The van der Waals surface area contributed by atoms with Gasteiger partial charge < -0.3 is 10.1 Å². The van der Waals surface area contributed by atoms with Crippen molar-refractivity contribution in [2.75, 3.05) is 11.9 Å². The number of benzene rings is 2. The molecule has 3 rings (SSSR count). The van der Waals surface area contributed by atoms with E-state index in [-0.39, 0.29) is 6.10 Å². The van der Waals surface area contributed by atoms with Crippen LogP contribution in [0.2, 0.25) is 0 Å². The topological polar surface area (TPSA) is 21.3 Å². The molecule has 1 N–H and O–H groups in total. The fourth-order valence-electron chi connectivity index (χ4n) is 2.64. The molecule has 0 atom stereocenters. The van der Waals surface area contributed by atoms with Crippen LogP contribution < -0.4 is 10.1 Å². The van der Waals surface area contributed by atoms with Gasteiger partial charge in [0.15, 0.2) is 0 Å². The predicted octanol–water partition coefficient (Wildman–Crippen LogP) is 4.11. The quantitative estimate of drug-likeness (QED) is 0.888. The van der Waals surface area contributed by atoms with Crippen LogP contribution in [0.25, 0.3) is 11.1 Å². The van der Waals surface area contributed by atoms with Crippen LogP contribution in [0, 0.1) is 0 Å². The Balaban J connectivity index is 2.10. The highest BCUT2D eigenvalue weighted by Crippen LogP contribution is 2.37. The van der Waals surface area contributed by atoms with Gasteiger partial charge in [-0.15, -0.1) is 0 Å². The van der Waals surface area contributed by atoms with Crippen molar-refractivity contribution in [2.24, 2.45) is 0 Å². The molecule has 2 aromatic carbocycles. The van der Waals surface area contributed by atoms with Crippen LogP contribution in [0.4, 0.5) is 5.69 Å². The molecular formula is C17H19NO. The fraction of sp³-hybridized carbons (Fsp3) is 0.294. The lowest BCUT2D eigenvalue weighted by Crippen LogP contribution is -2.06. The highest BCUT2D eigenvalue weighted by atomic mass is 16.5. The molecule has 1 aliphatic heterocycles. The summed E-state index contributed by atoms with van der Waals surface area (Å²) in [6.45, 7) is 5.15. The van der Waals surface area contributed by atoms with Crippen LogP contribution in [-0.4, -0.2) is 12.6 Å². The molecule has 0 bridgehead atoms. The van der Waals surface area contributed by atoms with Gasteiger partial charge in [0.2, 0.25) is 0 Å². The van der Waals surface area contributed by atoms with Crippen molar-refractivity contribution in [1.29, 1.82) is 0 Å². The first kappa shape index (κ1) is 12.1. The highest BCUT2D eigenvalue weighted by molar-refractivity contribution is 5.79. The van der Waals surface area contributed by atoms with Gasteiger partial charge >= 0.3 is 0 Å². The van der Waals surface area contributed by atoms with Crippen molar-refractivity contribution in [3.05, 3.63) is 48.0 Å². The largest absolute Gasteiger partial charge is 0.490 e. The van der Waals surface area contributed by atoms with Crippen molar-refractivity contribution in [3.63, 3.8) is 0 Å². The third-order valence-corrected chi connectivity index (χ3v) is 3.41. The van der Waals surface area contributed by atoms with E-state index in [9.17, 15) is 0 Å². The maximum absolute atomic E-state index is 5.94. The molecule has 0 unspecified atom stereocenters. The van der Waals surface area contributed by atoms with Gasteiger partial charge in [-0.3, -0.25) is 0 Å². The fourth-order valence-corrected chi connectivity index (χ4v) is 2.64. The number of ether oxygens (including phenoxy) is 1. The molecule has 0 saturated heterocycles. The van der Waals surface area contributed by atoms with Gasteiger partial charge in [0, 0.05) is 17.8 Å². The number of fused-ring (bicyclic) bond motifs is 1. The van der Waals surface area contributed by atoms with Crippen LogP contribution in [0.15, 0.2) is 42.5 Å². The summed E-state index contributed by atoms with van der Waals surface area (Å²) in [7, 11) is 0. The van der Waals surface area contributed by atoms with E-state index in [4.69, 9.17) is 4.74 Å². The molecule has 0 spiro atoms. The molecule has 1 heterocycles. The van der Waals surface area contributed by atoms with Crippen molar-refractivity contribution in [3.8, 4) is 16.9 Å². The molecule has 0 amide bonds. The summed E-state index contributed by atoms with van der Waals surface area (Å²) in [4.78, 5) is 0. The minimum Gasteiger partial charge on any atom is -0.490 e. The lowest BCUT2D eigenvalue weighted by molar-refractivity contribution is 0.243. The Hall–Kier alpha value is -1.96. The molecule has 2 heteroatoms. The van der Waals surface area contributed by atoms with Crippen molar-refractivity contribution < 1.29 is 4.74 Å². The lowest BCUT2D eigenvalue weighted by Gasteiger charge is -2.16. The third kappa shape index (κ3) is 2.30. The summed E-state index contributed by atoms with van der Waals surface area (Å²) in [5, 5.41) is 3.43. The van der Waals surface area contributed by atoms with E-state index in [2.05, 4.69) is 55.6 Å². The Bertz CT molecular complexity index is 590. The summed E-state index contributed by atoms with van der Waals surface area (Å²) in [6, 6.07) is 14.8. The summed E-state index contributed by atoms with van der Waals surface area (Å²) in [5.41, 5.74) is 5.15. The molecule has 1 aliphatic rings. The molecule has 0 radical (unpaired) electrons. The average molecular weight is 253 g/mol. The Morgan fingerprint density at radius 3 is 2.63 bits per heavy atom. The zero-order chi connectivity index (χ0) is 13.2. The zero-order valence-corrected chi connectivity index (χ0v) is 11.4. The van der Waals surface area contributed by atoms with Gasteiger partial charge in [-0.1, -0.05) is 30.3 Å². The normalized spacial score (nSPS) is 13.2. The molecule has 0 saturated carbocycles. The summed E-state index contributed by atoms with van der Waals surface area (Å²) >= 11 is 0. The van der Waals surface area contributed by atoms with Gasteiger partial charge in [-0.25, -0.2) is 0 Å². The Morgan fingerprint density at radius 1 is 1.00 bits per heavy atom. The van der Waals surface area contributed by atoms with Crippen LogP contribution in [-0.2, 0) is 6.42 Å². The second kappa shape index (κ2) is 4.96. The summed E-state index contributed by atoms with van der Waals surface area (Å²) in [6.07, 6.45) is 1.28. The van der Waals surface area contributed by atoms with E-state index in [1.807, 2.05) is 6.07 Å². The zero-order valence-electron chi connectivity index (χ0n) is 11.4. The Morgan fingerprint density at radius 2 is 1.79 bits per heavy atom. The Kier molecular flexibility index (Phi) is 3.16. The number of rotatable bonds is 3. The molecule has 0 aliphatic carbocycles. The van der Waals surface area contributed by atoms with E-state index in [1.165, 1.54) is 22.4 Å². The average Bonchev–Trinajstić information content (AvgIpc) is 2.87. The highest BCUT2D eigenvalue weighted by Gasteiger charge is 2.17. The molecule has 19 heavy (non-hydrogen) atoms. The number of nitrogens with one attached hydrogen (secondary N) is 1. The van der Waals surface area contributed by atoms with E-state index in [1.54, 1.807) is 0 Å². The first-order valence-electron chi connectivity index (χ1n) is 6.87. The maximum atomic E-state index is 5.94. The SMILES string of the molecule is CC(C)Oc1ccccc1-c1cccc2c1CCN2. The van der Waals surface area contributed by atoms with E-state index in [0.29, 0.717) is 0 Å². The van der Waals surface area contributed by atoms with Gasteiger partial charge in [0.05, 0.1) is 6.10 Å². The summed E-state index contributed by atoms with van der Waals surface area (Å²) in [5.74, 6) is 0.970.